The van der Waals surface area contributed by atoms with Gasteiger partial charge >= 0.3 is 5.97 Å². The van der Waals surface area contributed by atoms with Crippen LogP contribution in [0.25, 0.3) is 6.08 Å². The van der Waals surface area contributed by atoms with Gasteiger partial charge in [-0.2, -0.15) is 0 Å². The third kappa shape index (κ3) is 6.13. The van der Waals surface area contributed by atoms with Gasteiger partial charge in [0.2, 0.25) is 5.90 Å². The molecule has 1 aliphatic heterocycles. The Bertz CT molecular complexity index is 1250. The van der Waals surface area contributed by atoms with Gasteiger partial charge in [0.15, 0.2) is 17.2 Å². The lowest BCUT2D eigenvalue weighted by Crippen LogP contribution is -2.06. The van der Waals surface area contributed by atoms with E-state index in [0.29, 0.717) is 47.3 Å². The van der Waals surface area contributed by atoms with Gasteiger partial charge in [-0.05, 0) is 60.2 Å². The number of benzene rings is 3. The van der Waals surface area contributed by atoms with Crippen molar-refractivity contribution in [3.8, 4) is 23.0 Å². The second-order valence-corrected chi connectivity index (χ2v) is 7.86. The van der Waals surface area contributed by atoms with Crippen LogP contribution in [-0.2, 0) is 9.53 Å². The highest BCUT2D eigenvalue weighted by molar-refractivity contribution is 6.34. The molecule has 0 bridgehead atoms. The summed E-state index contributed by atoms with van der Waals surface area (Å²) < 4.78 is 27.5. The number of carbonyl (C=O) groups is 1. The number of halogens is 1. The molecule has 0 spiro atoms. The van der Waals surface area contributed by atoms with Gasteiger partial charge in [0.05, 0.1) is 38.0 Å². The Kier molecular flexibility index (Phi) is 7.90. The van der Waals surface area contributed by atoms with Gasteiger partial charge in [0, 0.05) is 6.42 Å². The van der Waals surface area contributed by atoms with Crippen molar-refractivity contribution < 1.29 is 28.5 Å². The van der Waals surface area contributed by atoms with Crippen LogP contribution in [0.1, 0.15) is 17.5 Å². The van der Waals surface area contributed by atoms with E-state index in [4.69, 9.17) is 35.3 Å². The van der Waals surface area contributed by atoms with Crippen molar-refractivity contribution in [2.75, 3.05) is 27.4 Å². The molecule has 0 unspecified atom stereocenters. The minimum absolute atomic E-state index is 0.173. The van der Waals surface area contributed by atoms with Crippen molar-refractivity contribution in [1.82, 2.24) is 0 Å². The number of methoxy groups -OCH3 is 2. The fourth-order valence-corrected chi connectivity index (χ4v) is 3.53. The molecule has 3 aromatic carbocycles. The van der Waals surface area contributed by atoms with Crippen LogP contribution in [0.2, 0.25) is 5.02 Å². The first-order valence-corrected chi connectivity index (χ1v) is 11.3. The summed E-state index contributed by atoms with van der Waals surface area (Å²) in [4.78, 5) is 16.6. The van der Waals surface area contributed by atoms with E-state index >= 15 is 0 Å². The van der Waals surface area contributed by atoms with Crippen molar-refractivity contribution in [3.05, 3.63) is 88.6 Å². The topological polar surface area (TPSA) is 75.6 Å². The molecular formula is C27H24ClNO6. The molecule has 0 N–H and O–H groups in total. The Balaban J connectivity index is 1.36. The highest BCUT2D eigenvalue weighted by Crippen LogP contribution is 2.30. The summed E-state index contributed by atoms with van der Waals surface area (Å²) >= 11 is 6.19. The predicted molar refractivity (Wildman–Crippen MR) is 134 cm³/mol. The zero-order valence-electron chi connectivity index (χ0n) is 19.3. The SMILES string of the molecule is COc1ccc(OCCCOc2ccc(/C=C3/N=C(c4ccccc4Cl)OC3=O)cc2OC)cc1. The standard InChI is InChI=1S/C27H24ClNO6/c1-31-19-9-11-20(12-10-19)33-14-5-15-34-24-13-8-18(17-25(24)32-2)16-23-27(30)35-26(29-23)21-6-3-4-7-22(21)28/h3-4,6-13,16-17H,5,14-15H2,1-2H3/b23-16+. The third-order valence-electron chi connectivity index (χ3n) is 5.09. The van der Waals surface area contributed by atoms with Crippen molar-refractivity contribution in [3.63, 3.8) is 0 Å². The van der Waals surface area contributed by atoms with Gasteiger partial charge in [0.25, 0.3) is 0 Å². The van der Waals surface area contributed by atoms with E-state index in [1.807, 2.05) is 30.3 Å². The molecule has 4 rings (SSSR count). The number of rotatable bonds is 10. The van der Waals surface area contributed by atoms with Crippen molar-refractivity contribution in [2.45, 2.75) is 6.42 Å². The van der Waals surface area contributed by atoms with Gasteiger partial charge < -0.3 is 23.7 Å². The van der Waals surface area contributed by atoms with Gasteiger partial charge in [-0.25, -0.2) is 9.79 Å². The quantitative estimate of drug-likeness (QED) is 0.209. The minimum Gasteiger partial charge on any atom is -0.497 e. The van der Waals surface area contributed by atoms with E-state index in [9.17, 15) is 4.79 Å². The van der Waals surface area contributed by atoms with Crippen LogP contribution in [0.3, 0.4) is 0 Å². The highest BCUT2D eigenvalue weighted by atomic mass is 35.5. The van der Waals surface area contributed by atoms with E-state index in [-0.39, 0.29) is 11.6 Å². The van der Waals surface area contributed by atoms with E-state index in [1.165, 1.54) is 0 Å². The number of aliphatic imine (C=N–C) groups is 1. The zero-order chi connectivity index (χ0) is 24.6. The maximum atomic E-state index is 12.3. The van der Waals surface area contributed by atoms with Gasteiger partial charge in [-0.3, -0.25) is 0 Å². The summed E-state index contributed by atoms with van der Waals surface area (Å²) in [5.74, 6) is 2.31. The van der Waals surface area contributed by atoms with Crippen LogP contribution in [0.4, 0.5) is 0 Å². The number of nitrogens with zero attached hydrogens (tertiary/aromatic N) is 1. The number of esters is 1. The lowest BCUT2D eigenvalue weighted by atomic mass is 10.1. The van der Waals surface area contributed by atoms with Crippen molar-refractivity contribution >= 4 is 29.5 Å². The smallest absolute Gasteiger partial charge is 0.363 e. The second-order valence-electron chi connectivity index (χ2n) is 7.45. The Morgan fingerprint density at radius 1 is 0.886 bits per heavy atom. The molecular weight excluding hydrogens is 470 g/mol. The van der Waals surface area contributed by atoms with E-state index < -0.39 is 5.97 Å². The second kappa shape index (κ2) is 11.4. The van der Waals surface area contributed by atoms with Crippen LogP contribution in [0, 0.1) is 0 Å². The minimum atomic E-state index is -0.545. The molecule has 0 amide bonds. The monoisotopic (exact) mass is 493 g/mol. The lowest BCUT2D eigenvalue weighted by Gasteiger charge is -2.12. The molecule has 0 radical (unpaired) electrons. The van der Waals surface area contributed by atoms with Crippen molar-refractivity contribution in [2.24, 2.45) is 4.99 Å². The summed E-state index contributed by atoms with van der Waals surface area (Å²) in [6.07, 6.45) is 2.31. The first-order valence-electron chi connectivity index (χ1n) is 10.9. The van der Waals surface area contributed by atoms with Crippen LogP contribution in [0.15, 0.2) is 77.4 Å². The van der Waals surface area contributed by atoms with Gasteiger partial charge in [-0.15, -0.1) is 0 Å². The average Bonchev–Trinajstić information content (AvgIpc) is 3.24. The van der Waals surface area contributed by atoms with Crippen molar-refractivity contribution in [1.29, 1.82) is 0 Å². The van der Waals surface area contributed by atoms with Gasteiger partial charge in [-0.1, -0.05) is 29.8 Å². The average molecular weight is 494 g/mol. The molecule has 0 atom stereocenters. The normalized spacial score (nSPS) is 13.9. The maximum Gasteiger partial charge on any atom is 0.363 e. The molecule has 8 heteroatoms. The van der Waals surface area contributed by atoms with E-state index in [2.05, 4.69) is 4.99 Å². The fraction of sp³-hybridized carbons (Fsp3) is 0.185. The summed E-state index contributed by atoms with van der Waals surface area (Å²) in [5, 5.41) is 0.456. The van der Waals surface area contributed by atoms with Crippen LogP contribution in [-0.4, -0.2) is 39.3 Å². The molecule has 0 aromatic heterocycles. The first-order chi connectivity index (χ1) is 17.1. The molecule has 0 fully saturated rings. The Labute approximate surface area is 208 Å². The summed E-state index contributed by atoms with van der Waals surface area (Å²) in [5.41, 5.74) is 1.45. The number of hydrogen-bond donors (Lipinski definition) is 0. The number of hydrogen-bond acceptors (Lipinski definition) is 7. The summed E-state index contributed by atoms with van der Waals surface area (Å²) in [7, 11) is 3.18. The number of cyclic esters (lactones) is 1. The molecule has 1 heterocycles. The highest BCUT2D eigenvalue weighted by Gasteiger charge is 2.25. The third-order valence-corrected chi connectivity index (χ3v) is 5.42. The fourth-order valence-electron chi connectivity index (χ4n) is 3.31. The molecule has 180 valence electrons. The maximum absolute atomic E-state index is 12.3. The summed E-state index contributed by atoms with van der Waals surface area (Å²) in [6.45, 7) is 0.956. The van der Waals surface area contributed by atoms with Crippen LogP contribution < -0.4 is 18.9 Å². The molecule has 7 nitrogen and oxygen atoms in total. The molecule has 0 aliphatic carbocycles. The molecule has 1 aliphatic rings. The molecule has 35 heavy (non-hydrogen) atoms. The molecule has 3 aromatic rings. The Morgan fingerprint density at radius 2 is 1.63 bits per heavy atom. The summed E-state index contributed by atoms with van der Waals surface area (Å²) in [6, 6.07) is 19.8. The largest absolute Gasteiger partial charge is 0.497 e. The Hall–Kier alpha value is -3.97. The zero-order valence-corrected chi connectivity index (χ0v) is 20.1. The van der Waals surface area contributed by atoms with Crippen LogP contribution >= 0.6 is 11.6 Å². The Morgan fingerprint density at radius 3 is 2.37 bits per heavy atom. The number of carbonyl (C=O) groups excluding carboxylic acids is 1. The van der Waals surface area contributed by atoms with Gasteiger partial charge in [0.1, 0.15) is 11.5 Å². The first kappa shape index (κ1) is 24.2. The predicted octanol–water partition coefficient (Wildman–Crippen LogP) is 5.55. The molecule has 0 saturated heterocycles. The van der Waals surface area contributed by atoms with E-state index in [1.54, 1.807) is 56.7 Å². The number of ether oxygens (including phenoxy) is 5. The molecule has 0 saturated carbocycles. The lowest BCUT2D eigenvalue weighted by molar-refractivity contribution is -0.129. The van der Waals surface area contributed by atoms with Crippen LogP contribution in [0.5, 0.6) is 23.0 Å². The van der Waals surface area contributed by atoms with E-state index in [0.717, 1.165) is 11.5 Å².